The SMILES string of the molecule is CC(C)OCP(=O)(On1cnc2nc[nH]c2c1=N)On1cnc2nc[nH]c2c1=N. The Bertz CT molecular complexity index is 1240. The van der Waals surface area contributed by atoms with Gasteiger partial charge in [-0.2, -0.15) is 0 Å². The number of imidazole rings is 2. The van der Waals surface area contributed by atoms with E-state index in [0.717, 1.165) is 22.1 Å². The average Bonchev–Trinajstić information content (AvgIpc) is 3.35. The maximum atomic E-state index is 13.4. The number of aromatic nitrogens is 8. The number of H-pyrrole nitrogens is 2. The van der Waals surface area contributed by atoms with Crippen LogP contribution in [0.4, 0.5) is 0 Å². The van der Waals surface area contributed by atoms with Gasteiger partial charge >= 0.3 is 7.60 Å². The van der Waals surface area contributed by atoms with Gasteiger partial charge < -0.3 is 24.0 Å². The molecular formula is C14H17N10O4P. The van der Waals surface area contributed by atoms with E-state index in [4.69, 9.17) is 24.8 Å². The highest BCUT2D eigenvalue weighted by Crippen LogP contribution is 2.40. The van der Waals surface area contributed by atoms with Gasteiger partial charge in [0.25, 0.3) is 0 Å². The summed E-state index contributed by atoms with van der Waals surface area (Å²) in [4.78, 5) is 21.5. The number of hydrogen-bond acceptors (Lipinski definition) is 10. The highest BCUT2D eigenvalue weighted by Gasteiger charge is 2.32. The summed E-state index contributed by atoms with van der Waals surface area (Å²) >= 11 is 0. The minimum atomic E-state index is -4.07. The fraction of sp³-hybridized carbons (Fsp3) is 0.286. The van der Waals surface area contributed by atoms with Crippen molar-refractivity contribution in [2.45, 2.75) is 20.0 Å². The highest BCUT2D eigenvalue weighted by molar-refractivity contribution is 7.54. The maximum Gasteiger partial charge on any atom is 0.493 e. The van der Waals surface area contributed by atoms with Crippen molar-refractivity contribution in [2.75, 3.05) is 6.35 Å². The van der Waals surface area contributed by atoms with Gasteiger partial charge in [0.15, 0.2) is 28.6 Å². The summed E-state index contributed by atoms with van der Waals surface area (Å²) < 4.78 is 31.6. The molecule has 0 amide bonds. The van der Waals surface area contributed by atoms with Crippen molar-refractivity contribution in [3.63, 3.8) is 0 Å². The van der Waals surface area contributed by atoms with E-state index in [1.165, 1.54) is 12.7 Å². The van der Waals surface area contributed by atoms with Crippen LogP contribution in [0, 0.1) is 10.8 Å². The first-order valence-corrected chi connectivity index (χ1v) is 10.1. The van der Waals surface area contributed by atoms with Gasteiger partial charge in [0.05, 0.1) is 18.8 Å². The van der Waals surface area contributed by atoms with Crippen LogP contribution in [0.2, 0.25) is 0 Å². The van der Waals surface area contributed by atoms with E-state index in [2.05, 4.69) is 29.9 Å². The van der Waals surface area contributed by atoms with Gasteiger partial charge in [0, 0.05) is 0 Å². The van der Waals surface area contributed by atoms with E-state index < -0.39 is 13.9 Å². The Kier molecular flexibility index (Phi) is 4.64. The van der Waals surface area contributed by atoms with Crippen molar-refractivity contribution in [1.82, 2.24) is 39.4 Å². The molecule has 0 spiro atoms. The topological polar surface area (TPSA) is 185 Å². The molecule has 4 rings (SSSR count). The molecule has 4 aromatic rings. The normalized spacial score (nSPS) is 13.8. The number of fused-ring (bicyclic) bond motifs is 2. The van der Waals surface area contributed by atoms with Crippen molar-refractivity contribution < 1.29 is 18.6 Å². The van der Waals surface area contributed by atoms with Gasteiger partial charge in [-0.15, -0.1) is 9.46 Å². The number of ether oxygens (including phenoxy) is 1. The van der Waals surface area contributed by atoms with Crippen molar-refractivity contribution in [1.29, 1.82) is 10.8 Å². The molecule has 0 aliphatic carbocycles. The van der Waals surface area contributed by atoms with Crippen LogP contribution in [0.25, 0.3) is 22.3 Å². The van der Waals surface area contributed by atoms with Crippen LogP contribution in [-0.4, -0.2) is 51.8 Å². The van der Waals surface area contributed by atoms with Crippen LogP contribution in [-0.2, 0) is 9.30 Å². The summed E-state index contributed by atoms with van der Waals surface area (Å²) in [7, 11) is -4.07. The van der Waals surface area contributed by atoms with Crippen LogP contribution in [0.3, 0.4) is 0 Å². The molecule has 0 aliphatic heterocycles. The minimum absolute atomic E-state index is 0.167. The lowest BCUT2D eigenvalue weighted by Gasteiger charge is -2.21. The van der Waals surface area contributed by atoms with Crippen LogP contribution < -0.4 is 20.2 Å². The zero-order valence-corrected chi connectivity index (χ0v) is 16.3. The molecule has 4 heterocycles. The van der Waals surface area contributed by atoms with E-state index in [9.17, 15) is 4.57 Å². The molecule has 14 nitrogen and oxygen atoms in total. The van der Waals surface area contributed by atoms with Crippen molar-refractivity contribution in [3.05, 3.63) is 36.3 Å². The fourth-order valence-electron chi connectivity index (χ4n) is 2.36. The molecule has 0 radical (unpaired) electrons. The number of rotatable bonds is 7. The Hall–Kier alpha value is -3.51. The maximum absolute atomic E-state index is 13.4. The summed E-state index contributed by atoms with van der Waals surface area (Å²) in [6, 6.07) is 0. The molecule has 0 bridgehead atoms. The highest BCUT2D eigenvalue weighted by atomic mass is 31.2. The summed E-state index contributed by atoms with van der Waals surface area (Å²) in [6.45, 7) is 3.51. The number of nitrogens with one attached hydrogen (secondary N) is 4. The number of nitrogens with zero attached hydrogens (tertiary/aromatic N) is 6. The van der Waals surface area contributed by atoms with Crippen LogP contribution in [0.5, 0.6) is 0 Å². The summed E-state index contributed by atoms with van der Waals surface area (Å²) in [6.07, 6.45) is 4.36. The molecule has 0 fully saturated rings. The van der Waals surface area contributed by atoms with Crippen LogP contribution >= 0.6 is 7.60 Å². The lowest BCUT2D eigenvalue weighted by molar-refractivity contribution is 0.0779. The molecule has 0 saturated heterocycles. The van der Waals surface area contributed by atoms with E-state index in [1.807, 2.05) is 0 Å². The average molecular weight is 420 g/mol. The number of aromatic amines is 2. The van der Waals surface area contributed by atoms with E-state index in [0.29, 0.717) is 22.3 Å². The molecular weight excluding hydrogens is 403 g/mol. The Morgan fingerprint density at radius 2 is 1.45 bits per heavy atom. The third-order valence-corrected chi connectivity index (χ3v) is 5.03. The van der Waals surface area contributed by atoms with Crippen molar-refractivity contribution in [2.24, 2.45) is 0 Å². The predicted octanol–water partition coefficient (Wildman–Crippen LogP) is -0.0759. The largest absolute Gasteiger partial charge is 0.493 e. The monoisotopic (exact) mass is 420 g/mol. The van der Waals surface area contributed by atoms with E-state index in [-0.39, 0.29) is 17.1 Å². The Balaban J connectivity index is 1.71. The lowest BCUT2D eigenvalue weighted by Crippen LogP contribution is -2.33. The van der Waals surface area contributed by atoms with Gasteiger partial charge in [-0.05, 0) is 13.8 Å². The minimum Gasteiger partial charge on any atom is -0.364 e. The Labute approximate surface area is 162 Å². The second kappa shape index (κ2) is 7.14. The molecule has 4 aromatic heterocycles. The van der Waals surface area contributed by atoms with Gasteiger partial charge in [-0.3, -0.25) is 10.8 Å². The summed E-state index contributed by atoms with van der Waals surface area (Å²) in [5.74, 6) is 0. The molecule has 152 valence electrons. The first-order chi connectivity index (χ1) is 13.9. The first kappa shape index (κ1) is 18.8. The van der Waals surface area contributed by atoms with Crippen LogP contribution in [0.15, 0.2) is 25.3 Å². The summed E-state index contributed by atoms with van der Waals surface area (Å²) in [5, 5.41) is 16.4. The van der Waals surface area contributed by atoms with E-state index in [1.54, 1.807) is 13.8 Å². The van der Waals surface area contributed by atoms with Gasteiger partial charge in [0.1, 0.15) is 23.7 Å². The Morgan fingerprint density at radius 1 is 0.966 bits per heavy atom. The predicted molar refractivity (Wildman–Crippen MR) is 97.3 cm³/mol. The smallest absolute Gasteiger partial charge is 0.364 e. The second-order valence-corrected chi connectivity index (χ2v) is 7.97. The van der Waals surface area contributed by atoms with Gasteiger partial charge in [0.2, 0.25) is 0 Å². The molecule has 0 atom stereocenters. The molecule has 0 aromatic carbocycles. The molecule has 0 unspecified atom stereocenters. The molecule has 0 aliphatic rings. The second-order valence-electron chi connectivity index (χ2n) is 6.16. The van der Waals surface area contributed by atoms with Gasteiger partial charge in [-0.25, -0.2) is 24.5 Å². The zero-order valence-electron chi connectivity index (χ0n) is 15.4. The number of hydrogen-bond donors (Lipinski definition) is 4. The first-order valence-electron chi connectivity index (χ1n) is 8.38. The molecule has 29 heavy (non-hydrogen) atoms. The zero-order chi connectivity index (χ0) is 20.6. The van der Waals surface area contributed by atoms with Gasteiger partial charge in [-0.1, -0.05) is 0 Å². The lowest BCUT2D eigenvalue weighted by atomic mass is 10.5. The van der Waals surface area contributed by atoms with Crippen molar-refractivity contribution >= 4 is 29.9 Å². The van der Waals surface area contributed by atoms with Crippen molar-refractivity contribution in [3.8, 4) is 0 Å². The summed E-state index contributed by atoms with van der Waals surface area (Å²) in [5.41, 5.74) is 0.858. The molecule has 15 heteroatoms. The quantitative estimate of drug-likeness (QED) is 0.299. The Morgan fingerprint density at radius 3 is 1.90 bits per heavy atom. The molecule has 4 N–H and O–H groups in total. The van der Waals surface area contributed by atoms with E-state index >= 15 is 0 Å². The third-order valence-electron chi connectivity index (χ3n) is 3.71. The standard InChI is InChI=1S/C14H17N10O4P/c1-8(2)26-7-29(25,27-23-5-21-13-9(11(23)15)17-3-19-13)28-24-6-22-14-10(12(24)16)18-4-20-14/h3-6,8,15-16H,7H2,1-2H3,(H,17,19)(H,18,20). The van der Waals surface area contributed by atoms with Crippen LogP contribution in [0.1, 0.15) is 13.8 Å². The molecule has 0 saturated carbocycles. The fourth-order valence-corrected chi connectivity index (χ4v) is 3.75. The third kappa shape index (κ3) is 3.62.